The molecule has 1 atom stereocenters. The predicted molar refractivity (Wildman–Crippen MR) is 130 cm³/mol. The maximum Gasteiger partial charge on any atom is 0.304 e. The number of rotatable bonds is 3. The SMILES string of the molecule is CC(=O)O[C@@H]1N=C(c2ccc(-c3cccc(C#N)c3)cc2)c2c(sc(C)c2C)-n2c(C)nnc21. The van der Waals surface area contributed by atoms with Crippen molar-refractivity contribution in [3.63, 3.8) is 0 Å². The van der Waals surface area contributed by atoms with Gasteiger partial charge in [0.15, 0.2) is 0 Å². The monoisotopic (exact) mass is 467 g/mol. The molecule has 1 aliphatic rings. The Hall–Kier alpha value is -4.09. The molecule has 3 heterocycles. The molecule has 0 N–H and O–H groups in total. The third-order valence-electron chi connectivity index (χ3n) is 5.88. The van der Waals surface area contributed by atoms with Crippen LogP contribution in [-0.4, -0.2) is 26.4 Å². The number of thiophene rings is 1. The van der Waals surface area contributed by atoms with Gasteiger partial charge >= 0.3 is 5.97 Å². The van der Waals surface area contributed by atoms with E-state index in [9.17, 15) is 10.1 Å². The van der Waals surface area contributed by atoms with Gasteiger partial charge in [-0.25, -0.2) is 4.99 Å². The first kappa shape index (κ1) is 21.7. The molecule has 34 heavy (non-hydrogen) atoms. The van der Waals surface area contributed by atoms with Gasteiger partial charge in [-0.3, -0.25) is 9.36 Å². The number of nitrogens with zero attached hydrogens (tertiary/aromatic N) is 5. The van der Waals surface area contributed by atoms with Crippen LogP contribution < -0.4 is 0 Å². The van der Waals surface area contributed by atoms with Gasteiger partial charge in [-0.05, 0) is 49.6 Å². The van der Waals surface area contributed by atoms with E-state index in [-0.39, 0.29) is 0 Å². The van der Waals surface area contributed by atoms with E-state index in [1.54, 1.807) is 17.4 Å². The summed E-state index contributed by atoms with van der Waals surface area (Å²) < 4.78 is 7.51. The highest BCUT2D eigenvalue weighted by molar-refractivity contribution is 7.15. The van der Waals surface area contributed by atoms with Crippen LogP contribution in [0.25, 0.3) is 16.1 Å². The molecule has 0 fully saturated rings. The molecular formula is C26H21N5O2S. The molecule has 0 spiro atoms. The Kier molecular flexibility index (Phi) is 5.34. The number of aromatic nitrogens is 3. The lowest BCUT2D eigenvalue weighted by Gasteiger charge is -2.13. The fourth-order valence-electron chi connectivity index (χ4n) is 4.12. The number of carbonyl (C=O) groups is 1. The zero-order chi connectivity index (χ0) is 24.0. The van der Waals surface area contributed by atoms with Gasteiger partial charge < -0.3 is 4.74 Å². The summed E-state index contributed by atoms with van der Waals surface area (Å²) in [5.41, 5.74) is 6.33. The zero-order valence-corrected chi connectivity index (χ0v) is 20.0. The topological polar surface area (TPSA) is 93.2 Å². The molecule has 0 amide bonds. The molecule has 8 heteroatoms. The number of hydrogen-bond donors (Lipinski definition) is 0. The normalized spacial score (nSPS) is 14.4. The van der Waals surface area contributed by atoms with Crippen LogP contribution >= 0.6 is 11.3 Å². The van der Waals surface area contributed by atoms with E-state index in [1.165, 1.54) is 11.8 Å². The van der Waals surface area contributed by atoms with Crippen molar-refractivity contribution >= 4 is 23.0 Å². The number of benzene rings is 2. The smallest absolute Gasteiger partial charge is 0.304 e. The van der Waals surface area contributed by atoms with Gasteiger partial charge in [0.2, 0.25) is 5.82 Å². The van der Waals surface area contributed by atoms with Crippen LogP contribution in [-0.2, 0) is 9.53 Å². The molecule has 168 valence electrons. The molecule has 2 aromatic heterocycles. The Bertz CT molecular complexity index is 1510. The molecule has 1 aliphatic heterocycles. The molecule has 7 nitrogen and oxygen atoms in total. The molecule has 0 aliphatic carbocycles. The van der Waals surface area contributed by atoms with Gasteiger partial charge in [0.1, 0.15) is 10.8 Å². The average Bonchev–Trinajstić information content (AvgIpc) is 3.31. The van der Waals surface area contributed by atoms with Crippen LogP contribution in [0.15, 0.2) is 53.5 Å². The number of carbonyl (C=O) groups excluding carboxylic acids is 1. The lowest BCUT2D eigenvalue weighted by Crippen LogP contribution is -2.12. The molecule has 5 rings (SSSR count). The fourth-order valence-corrected chi connectivity index (χ4v) is 5.33. The Morgan fingerprint density at radius 1 is 1.06 bits per heavy atom. The van der Waals surface area contributed by atoms with E-state index in [0.29, 0.717) is 17.2 Å². The standard InChI is InChI=1S/C26H21N5O2S/c1-14-15(2)34-26-22(14)23(28-25(33-17(4)32)24-30-29-16(3)31(24)26)20-10-8-19(9-11-20)21-7-5-6-18(12-21)13-27/h5-12,25H,1-4H3/t25-/m0/s1. The summed E-state index contributed by atoms with van der Waals surface area (Å²) in [6, 6.07) is 17.7. The number of nitriles is 1. The van der Waals surface area contributed by atoms with E-state index in [4.69, 9.17) is 9.73 Å². The summed E-state index contributed by atoms with van der Waals surface area (Å²) in [6.45, 7) is 7.40. The van der Waals surface area contributed by atoms with Crippen molar-refractivity contribution in [1.82, 2.24) is 14.8 Å². The maximum absolute atomic E-state index is 11.9. The quantitative estimate of drug-likeness (QED) is 0.386. The van der Waals surface area contributed by atoms with Crippen molar-refractivity contribution in [3.8, 4) is 22.2 Å². The van der Waals surface area contributed by atoms with Gasteiger partial charge in [0.25, 0.3) is 6.23 Å². The van der Waals surface area contributed by atoms with Crippen LogP contribution in [0.3, 0.4) is 0 Å². The molecule has 4 aromatic rings. The lowest BCUT2D eigenvalue weighted by atomic mass is 9.97. The van der Waals surface area contributed by atoms with Gasteiger partial charge in [0.05, 0.1) is 17.3 Å². The molecule has 0 unspecified atom stereocenters. The van der Waals surface area contributed by atoms with Gasteiger partial charge in [-0.2, -0.15) is 5.26 Å². The highest BCUT2D eigenvalue weighted by Gasteiger charge is 2.32. The number of fused-ring (bicyclic) bond motifs is 3. The van der Waals surface area contributed by atoms with Crippen LogP contribution in [0.1, 0.15) is 51.9 Å². The van der Waals surface area contributed by atoms with Crippen LogP contribution in [0.2, 0.25) is 0 Å². The second kappa shape index (κ2) is 8.36. The Labute approximate surface area is 201 Å². The minimum Gasteiger partial charge on any atom is -0.432 e. The Balaban J connectivity index is 1.67. The van der Waals surface area contributed by atoms with E-state index in [2.05, 4.69) is 30.1 Å². The first-order valence-corrected chi connectivity index (χ1v) is 11.6. The highest BCUT2D eigenvalue weighted by atomic mass is 32.1. The molecule has 0 saturated heterocycles. The van der Waals surface area contributed by atoms with Crippen LogP contribution in [0.5, 0.6) is 0 Å². The number of aryl methyl sites for hydroxylation is 2. The Morgan fingerprint density at radius 3 is 2.50 bits per heavy atom. The van der Waals surface area contributed by atoms with Crippen molar-refractivity contribution in [2.75, 3.05) is 0 Å². The second-order valence-electron chi connectivity index (χ2n) is 8.11. The summed E-state index contributed by atoms with van der Waals surface area (Å²) in [6.07, 6.45) is -0.903. The van der Waals surface area contributed by atoms with Crippen molar-refractivity contribution in [3.05, 3.63) is 87.3 Å². The largest absolute Gasteiger partial charge is 0.432 e. The molecule has 2 aromatic carbocycles. The first-order valence-electron chi connectivity index (χ1n) is 10.8. The summed E-state index contributed by atoms with van der Waals surface area (Å²) in [4.78, 5) is 18.0. The second-order valence-corrected chi connectivity index (χ2v) is 9.32. The van der Waals surface area contributed by atoms with E-state index >= 15 is 0 Å². The van der Waals surface area contributed by atoms with E-state index in [1.807, 2.05) is 54.0 Å². The van der Waals surface area contributed by atoms with Crippen molar-refractivity contribution in [2.45, 2.75) is 33.9 Å². The summed E-state index contributed by atoms with van der Waals surface area (Å²) in [7, 11) is 0. The van der Waals surface area contributed by atoms with Gasteiger partial charge in [0, 0.05) is 22.9 Å². The van der Waals surface area contributed by atoms with E-state index in [0.717, 1.165) is 38.5 Å². The minimum atomic E-state index is -0.903. The van der Waals surface area contributed by atoms with E-state index < -0.39 is 12.2 Å². The third kappa shape index (κ3) is 3.60. The summed E-state index contributed by atoms with van der Waals surface area (Å²) >= 11 is 1.65. The highest BCUT2D eigenvalue weighted by Crippen LogP contribution is 2.39. The third-order valence-corrected chi connectivity index (χ3v) is 7.08. The molecule has 0 bridgehead atoms. The summed E-state index contributed by atoms with van der Waals surface area (Å²) in [5, 5.41) is 18.7. The molecule has 0 saturated carbocycles. The molecule has 0 radical (unpaired) electrons. The predicted octanol–water partition coefficient (Wildman–Crippen LogP) is 5.21. The zero-order valence-electron chi connectivity index (χ0n) is 19.2. The van der Waals surface area contributed by atoms with Crippen molar-refractivity contribution in [1.29, 1.82) is 5.26 Å². The Morgan fingerprint density at radius 2 is 1.79 bits per heavy atom. The number of esters is 1. The number of hydrogen-bond acceptors (Lipinski definition) is 7. The van der Waals surface area contributed by atoms with Gasteiger partial charge in [-0.1, -0.05) is 36.4 Å². The van der Waals surface area contributed by atoms with Gasteiger partial charge in [-0.15, -0.1) is 21.5 Å². The van der Waals surface area contributed by atoms with Crippen LogP contribution in [0.4, 0.5) is 0 Å². The number of aliphatic imine (C=N–C) groups is 1. The fraction of sp³-hybridized carbons (Fsp3) is 0.192. The number of ether oxygens (including phenoxy) is 1. The first-order chi connectivity index (χ1) is 16.4. The average molecular weight is 468 g/mol. The maximum atomic E-state index is 11.9. The lowest BCUT2D eigenvalue weighted by molar-refractivity contribution is -0.146. The van der Waals surface area contributed by atoms with Crippen molar-refractivity contribution in [2.24, 2.45) is 4.99 Å². The van der Waals surface area contributed by atoms with Crippen molar-refractivity contribution < 1.29 is 9.53 Å². The van der Waals surface area contributed by atoms with Crippen LogP contribution in [0, 0.1) is 32.1 Å². The minimum absolute atomic E-state index is 0.439. The summed E-state index contributed by atoms with van der Waals surface area (Å²) in [5.74, 6) is 0.750. The molecular weight excluding hydrogens is 446 g/mol.